The van der Waals surface area contributed by atoms with Crippen molar-refractivity contribution in [1.29, 1.82) is 0 Å². The SMILES string of the molecule is CC(C)NC(=O)c1ccccc1NC(=O)c1ccc(-c2ccc(F)cc2)cc1F. The highest BCUT2D eigenvalue weighted by molar-refractivity contribution is 6.09. The minimum Gasteiger partial charge on any atom is -0.350 e. The van der Waals surface area contributed by atoms with Gasteiger partial charge in [-0.3, -0.25) is 9.59 Å². The number of amides is 2. The number of benzene rings is 3. The Morgan fingerprint density at radius 2 is 1.45 bits per heavy atom. The van der Waals surface area contributed by atoms with Gasteiger partial charge < -0.3 is 10.6 Å². The predicted molar refractivity (Wildman–Crippen MR) is 109 cm³/mol. The van der Waals surface area contributed by atoms with Crippen LogP contribution in [0.5, 0.6) is 0 Å². The summed E-state index contributed by atoms with van der Waals surface area (Å²) >= 11 is 0. The topological polar surface area (TPSA) is 58.2 Å². The summed E-state index contributed by atoms with van der Waals surface area (Å²) in [5.74, 6) is -2.10. The molecule has 0 aliphatic carbocycles. The second-order valence-electron chi connectivity index (χ2n) is 6.83. The third-order valence-corrected chi connectivity index (χ3v) is 4.23. The average molecular weight is 394 g/mol. The van der Waals surface area contributed by atoms with Gasteiger partial charge in [0, 0.05) is 6.04 Å². The van der Waals surface area contributed by atoms with Gasteiger partial charge in [0.2, 0.25) is 0 Å². The lowest BCUT2D eigenvalue weighted by atomic mass is 10.0. The molecule has 0 spiro atoms. The maximum absolute atomic E-state index is 14.6. The number of rotatable bonds is 5. The van der Waals surface area contributed by atoms with Crippen LogP contribution in [0.1, 0.15) is 34.6 Å². The second kappa shape index (κ2) is 8.65. The molecular weight excluding hydrogens is 374 g/mol. The van der Waals surface area contributed by atoms with Crippen molar-refractivity contribution in [3.05, 3.63) is 89.5 Å². The van der Waals surface area contributed by atoms with E-state index in [2.05, 4.69) is 10.6 Å². The van der Waals surface area contributed by atoms with Gasteiger partial charge in [0.1, 0.15) is 11.6 Å². The van der Waals surface area contributed by atoms with Gasteiger partial charge in [-0.15, -0.1) is 0 Å². The van der Waals surface area contributed by atoms with Crippen molar-refractivity contribution in [2.45, 2.75) is 19.9 Å². The second-order valence-corrected chi connectivity index (χ2v) is 6.83. The van der Waals surface area contributed by atoms with Crippen molar-refractivity contribution in [1.82, 2.24) is 5.32 Å². The van der Waals surface area contributed by atoms with Gasteiger partial charge >= 0.3 is 0 Å². The fourth-order valence-electron chi connectivity index (χ4n) is 2.84. The molecule has 0 aromatic heterocycles. The van der Waals surface area contributed by atoms with Gasteiger partial charge in [0.25, 0.3) is 11.8 Å². The normalized spacial score (nSPS) is 10.7. The van der Waals surface area contributed by atoms with Gasteiger partial charge in [-0.05, 0) is 61.4 Å². The number of para-hydroxylation sites is 1. The van der Waals surface area contributed by atoms with E-state index in [0.717, 1.165) is 0 Å². The van der Waals surface area contributed by atoms with Gasteiger partial charge in [0.05, 0.1) is 16.8 Å². The van der Waals surface area contributed by atoms with E-state index < -0.39 is 11.7 Å². The number of carbonyl (C=O) groups excluding carboxylic acids is 2. The largest absolute Gasteiger partial charge is 0.350 e. The molecule has 148 valence electrons. The molecule has 0 atom stereocenters. The summed E-state index contributed by atoms with van der Waals surface area (Å²) in [4.78, 5) is 24.9. The molecule has 0 aliphatic rings. The predicted octanol–water partition coefficient (Wildman–Crippen LogP) is 5.02. The van der Waals surface area contributed by atoms with Crippen LogP contribution in [0.15, 0.2) is 66.7 Å². The first-order valence-electron chi connectivity index (χ1n) is 9.12. The molecule has 0 aliphatic heterocycles. The van der Waals surface area contributed by atoms with Crippen molar-refractivity contribution in [3.8, 4) is 11.1 Å². The van der Waals surface area contributed by atoms with Gasteiger partial charge in [-0.25, -0.2) is 8.78 Å². The lowest BCUT2D eigenvalue weighted by molar-refractivity contribution is 0.0944. The van der Waals surface area contributed by atoms with E-state index in [-0.39, 0.29) is 34.6 Å². The standard InChI is InChI=1S/C23H20F2N2O2/c1-14(2)26-23(29)19-5-3-4-6-21(19)27-22(28)18-12-9-16(13-20(18)25)15-7-10-17(24)11-8-15/h3-14H,1-2H3,(H,26,29)(H,27,28). The van der Waals surface area contributed by atoms with Crippen LogP contribution in [-0.2, 0) is 0 Å². The van der Waals surface area contributed by atoms with Crippen LogP contribution in [0.2, 0.25) is 0 Å². The number of carbonyl (C=O) groups is 2. The van der Waals surface area contributed by atoms with Crippen molar-refractivity contribution in [2.24, 2.45) is 0 Å². The van der Waals surface area contributed by atoms with E-state index in [4.69, 9.17) is 0 Å². The lowest BCUT2D eigenvalue weighted by Gasteiger charge is -2.13. The lowest BCUT2D eigenvalue weighted by Crippen LogP contribution is -2.31. The Labute approximate surface area is 167 Å². The molecule has 0 saturated carbocycles. The Hall–Kier alpha value is -3.54. The van der Waals surface area contributed by atoms with Crippen LogP contribution < -0.4 is 10.6 Å². The molecular formula is C23H20F2N2O2. The third-order valence-electron chi connectivity index (χ3n) is 4.23. The third kappa shape index (κ3) is 4.85. The summed E-state index contributed by atoms with van der Waals surface area (Å²) in [6, 6.07) is 16.3. The zero-order valence-corrected chi connectivity index (χ0v) is 16.0. The Morgan fingerprint density at radius 1 is 0.793 bits per heavy atom. The zero-order chi connectivity index (χ0) is 21.0. The summed E-state index contributed by atoms with van der Waals surface area (Å²) in [7, 11) is 0. The Kier molecular flexibility index (Phi) is 6.02. The molecule has 0 saturated heterocycles. The van der Waals surface area contributed by atoms with Crippen LogP contribution in [0.25, 0.3) is 11.1 Å². The fraction of sp³-hybridized carbons (Fsp3) is 0.130. The molecule has 0 radical (unpaired) electrons. The van der Waals surface area contributed by atoms with E-state index in [9.17, 15) is 18.4 Å². The summed E-state index contributed by atoms with van der Waals surface area (Å²) in [6.45, 7) is 3.66. The van der Waals surface area contributed by atoms with Crippen molar-refractivity contribution in [2.75, 3.05) is 5.32 Å². The molecule has 3 aromatic rings. The molecule has 0 unspecified atom stereocenters. The first-order chi connectivity index (χ1) is 13.8. The Morgan fingerprint density at radius 3 is 2.10 bits per heavy atom. The molecule has 0 bridgehead atoms. The van der Waals surface area contributed by atoms with Gasteiger partial charge in [-0.1, -0.05) is 30.3 Å². The van der Waals surface area contributed by atoms with Crippen molar-refractivity contribution >= 4 is 17.5 Å². The minimum absolute atomic E-state index is 0.0669. The summed E-state index contributed by atoms with van der Waals surface area (Å²) in [6.07, 6.45) is 0. The van der Waals surface area contributed by atoms with E-state index in [1.54, 1.807) is 30.3 Å². The van der Waals surface area contributed by atoms with Crippen LogP contribution in [0, 0.1) is 11.6 Å². The van der Waals surface area contributed by atoms with Crippen LogP contribution in [-0.4, -0.2) is 17.9 Å². The van der Waals surface area contributed by atoms with Crippen LogP contribution in [0.4, 0.5) is 14.5 Å². The number of nitrogens with one attached hydrogen (secondary N) is 2. The van der Waals surface area contributed by atoms with E-state index in [0.29, 0.717) is 11.1 Å². The first-order valence-corrected chi connectivity index (χ1v) is 9.12. The smallest absolute Gasteiger partial charge is 0.258 e. The molecule has 2 amide bonds. The average Bonchev–Trinajstić information content (AvgIpc) is 2.68. The number of halogens is 2. The Bertz CT molecular complexity index is 1050. The molecule has 4 nitrogen and oxygen atoms in total. The number of hydrogen-bond donors (Lipinski definition) is 2. The molecule has 0 heterocycles. The van der Waals surface area contributed by atoms with Gasteiger partial charge in [0.15, 0.2) is 0 Å². The molecule has 6 heteroatoms. The van der Waals surface area contributed by atoms with Crippen molar-refractivity contribution < 1.29 is 18.4 Å². The molecule has 3 aromatic carbocycles. The maximum atomic E-state index is 14.6. The van der Waals surface area contributed by atoms with Crippen LogP contribution >= 0.6 is 0 Å². The molecule has 0 fully saturated rings. The monoisotopic (exact) mass is 394 g/mol. The van der Waals surface area contributed by atoms with Gasteiger partial charge in [-0.2, -0.15) is 0 Å². The highest BCUT2D eigenvalue weighted by Gasteiger charge is 2.17. The number of hydrogen-bond acceptors (Lipinski definition) is 2. The molecule has 3 rings (SSSR count). The summed E-state index contributed by atoms with van der Waals surface area (Å²) in [5.41, 5.74) is 1.58. The fourth-order valence-corrected chi connectivity index (χ4v) is 2.84. The highest BCUT2D eigenvalue weighted by atomic mass is 19.1. The zero-order valence-electron chi connectivity index (χ0n) is 16.0. The molecule has 29 heavy (non-hydrogen) atoms. The highest BCUT2D eigenvalue weighted by Crippen LogP contribution is 2.23. The first kappa shape index (κ1) is 20.2. The summed E-state index contributed by atoms with van der Waals surface area (Å²) < 4.78 is 27.6. The minimum atomic E-state index is -0.714. The van der Waals surface area contributed by atoms with E-state index in [1.807, 2.05) is 13.8 Å². The van der Waals surface area contributed by atoms with Crippen LogP contribution in [0.3, 0.4) is 0 Å². The maximum Gasteiger partial charge on any atom is 0.258 e. The Balaban J connectivity index is 1.83. The quantitative estimate of drug-likeness (QED) is 0.638. The van der Waals surface area contributed by atoms with E-state index in [1.165, 1.54) is 36.4 Å². The molecule has 2 N–H and O–H groups in total. The summed E-state index contributed by atoms with van der Waals surface area (Å²) in [5, 5.41) is 5.36. The van der Waals surface area contributed by atoms with E-state index >= 15 is 0 Å². The number of anilines is 1. The van der Waals surface area contributed by atoms with Crippen molar-refractivity contribution in [3.63, 3.8) is 0 Å².